The molecule has 0 saturated heterocycles. The van der Waals surface area contributed by atoms with E-state index < -0.39 is 10.0 Å². The maximum absolute atomic E-state index is 12.4. The van der Waals surface area contributed by atoms with Crippen LogP contribution in [-0.4, -0.2) is 45.8 Å². The van der Waals surface area contributed by atoms with E-state index in [1.54, 1.807) is 0 Å². The molecule has 0 spiro atoms. The van der Waals surface area contributed by atoms with E-state index in [2.05, 4.69) is 24.1 Å². The van der Waals surface area contributed by atoms with Crippen LogP contribution in [-0.2, 0) is 10.0 Å². The molecule has 0 aliphatic heterocycles. The summed E-state index contributed by atoms with van der Waals surface area (Å²) in [6.45, 7) is 6.04. The second kappa shape index (κ2) is 8.33. The molecule has 1 amide bonds. The average molecular weight is 375 g/mol. The van der Waals surface area contributed by atoms with Crippen LogP contribution in [0.2, 0.25) is 0 Å². The molecule has 2 rings (SSSR count). The van der Waals surface area contributed by atoms with E-state index in [0.717, 1.165) is 23.1 Å². The van der Waals surface area contributed by atoms with E-state index in [9.17, 15) is 13.2 Å². The standard InChI is InChI=1S/C19H25N3O3S/c1-5-22(6-2)17-11-9-16(10-12-17)20-19(23)15-7-13-18(14-8-15)26(24,25)21(3)4/h7-14H,5-6H2,1-4H3,(H,20,23). The number of carbonyl (C=O) groups is 1. The van der Waals surface area contributed by atoms with Crippen molar-refractivity contribution in [3.8, 4) is 0 Å². The molecule has 0 heterocycles. The Hall–Kier alpha value is -2.38. The molecule has 140 valence electrons. The van der Waals surface area contributed by atoms with E-state index in [1.165, 1.54) is 38.4 Å². The number of benzene rings is 2. The minimum absolute atomic E-state index is 0.155. The van der Waals surface area contributed by atoms with Gasteiger partial charge in [0.2, 0.25) is 10.0 Å². The summed E-state index contributed by atoms with van der Waals surface area (Å²) in [7, 11) is -0.559. The van der Waals surface area contributed by atoms with Gasteiger partial charge in [-0.1, -0.05) is 0 Å². The van der Waals surface area contributed by atoms with Crippen LogP contribution >= 0.6 is 0 Å². The van der Waals surface area contributed by atoms with E-state index in [4.69, 9.17) is 0 Å². The predicted molar refractivity (Wildman–Crippen MR) is 105 cm³/mol. The fourth-order valence-corrected chi connectivity index (χ4v) is 3.44. The first kappa shape index (κ1) is 19.9. The lowest BCUT2D eigenvalue weighted by atomic mass is 10.2. The number of nitrogens with zero attached hydrogens (tertiary/aromatic N) is 2. The smallest absolute Gasteiger partial charge is 0.255 e. The van der Waals surface area contributed by atoms with Crippen LogP contribution in [0.1, 0.15) is 24.2 Å². The zero-order chi connectivity index (χ0) is 19.3. The molecule has 0 aliphatic rings. The van der Waals surface area contributed by atoms with Gasteiger partial charge in [0.05, 0.1) is 4.90 Å². The Kier molecular flexibility index (Phi) is 6.39. The molecule has 0 fully saturated rings. The first-order chi connectivity index (χ1) is 12.3. The lowest BCUT2D eigenvalue weighted by molar-refractivity contribution is 0.102. The molecule has 0 aromatic heterocycles. The number of amides is 1. The summed E-state index contributed by atoms with van der Waals surface area (Å²) in [5.41, 5.74) is 2.19. The lowest BCUT2D eigenvalue weighted by Crippen LogP contribution is -2.22. The highest BCUT2D eigenvalue weighted by Gasteiger charge is 2.17. The number of hydrogen-bond acceptors (Lipinski definition) is 4. The molecule has 0 radical (unpaired) electrons. The Balaban J connectivity index is 2.10. The summed E-state index contributed by atoms with van der Waals surface area (Å²) in [5.74, 6) is -0.283. The van der Waals surface area contributed by atoms with E-state index in [-0.39, 0.29) is 10.8 Å². The van der Waals surface area contributed by atoms with Crippen molar-refractivity contribution in [1.29, 1.82) is 0 Å². The summed E-state index contributed by atoms with van der Waals surface area (Å²) in [6, 6.07) is 13.5. The normalized spacial score (nSPS) is 11.4. The van der Waals surface area contributed by atoms with Crippen molar-refractivity contribution in [2.75, 3.05) is 37.4 Å². The summed E-state index contributed by atoms with van der Waals surface area (Å²) in [5, 5.41) is 2.82. The second-order valence-corrected chi connectivity index (χ2v) is 8.14. The van der Waals surface area contributed by atoms with Crippen molar-refractivity contribution in [3.63, 3.8) is 0 Å². The van der Waals surface area contributed by atoms with Crippen LogP contribution in [0, 0.1) is 0 Å². The lowest BCUT2D eigenvalue weighted by Gasteiger charge is -2.21. The van der Waals surface area contributed by atoms with Gasteiger partial charge in [0.15, 0.2) is 0 Å². The van der Waals surface area contributed by atoms with Gasteiger partial charge >= 0.3 is 0 Å². The van der Waals surface area contributed by atoms with Crippen LogP contribution in [0.15, 0.2) is 53.4 Å². The summed E-state index contributed by atoms with van der Waals surface area (Å²) in [6.07, 6.45) is 0. The first-order valence-electron chi connectivity index (χ1n) is 8.48. The molecule has 26 heavy (non-hydrogen) atoms. The maximum atomic E-state index is 12.4. The van der Waals surface area contributed by atoms with Crippen molar-refractivity contribution >= 4 is 27.3 Å². The molecule has 1 N–H and O–H groups in total. The highest BCUT2D eigenvalue weighted by atomic mass is 32.2. The Bertz CT molecular complexity index is 841. The van der Waals surface area contributed by atoms with Gasteiger partial charge in [0, 0.05) is 44.1 Å². The van der Waals surface area contributed by atoms with E-state index in [1.807, 2.05) is 24.3 Å². The summed E-state index contributed by atoms with van der Waals surface area (Å²) >= 11 is 0. The number of hydrogen-bond donors (Lipinski definition) is 1. The van der Waals surface area contributed by atoms with Gasteiger partial charge in [-0.25, -0.2) is 12.7 Å². The van der Waals surface area contributed by atoms with Gasteiger partial charge in [-0.3, -0.25) is 4.79 Å². The average Bonchev–Trinajstić information content (AvgIpc) is 2.64. The predicted octanol–water partition coefficient (Wildman–Crippen LogP) is 3.04. The zero-order valence-electron chi connectivity index (χ0n) is 15.6. The minimum Gasteiger partial charge on any atom is -0.372 e. The van der Waals surface area contributed by atoms with E-state index >= 15 is 0 Å². The molecule has 0 saturated carbocycles. The van der Waals surface area contributed by atoms with Gasteiger partial charge in [-0.15, -0.1) is 0 Å². The summed E-state index contributed by atoms with van der Waals surface area (Å²) in [4.78, 5) is 14.7. The largest absolute Gasteiger partial charge is 0.372 e. The van der Waals surface area contributed by atoms with Gasteiger partial charge in [-0.05, 0) is 62.4 Å². The molecular formula is C19H25N3O3S. The van der Waals surface area contributed by atoms with Crippen LogP contribution in [0.3, 0.4) is 0 Å². The fraction of sp³-hybridized carbons (Fsp3) is 0.316. The molecule has 0 bridgehead atoms. The number of anilines is 2. The fourth-order valence-electron chi connectivity index (χ4n) is 2.54. The molecular weight excluding hydrogens is 350 g/mol. The van der Waals surface area contributed by atoms with Crippen molar-refractivity contribution in [3.05, 3.63) is 54.1 Å². The Morgan fingerprint density at radius 2 is 1.46 bits per heavy atom. The van der Waals surface area contributed by atoms with Crippen molar-refractivity contribution in [1.82, 2.24) is 4.31 Å². The van der Waals surface area contributed by atoms with Crippen molar-refractivity contribution in [2.45, 2.75) is 18.7 Å². The Labute approximate surface area is 155 Å². The topological polar surface area (TPSA) is 69.7 Å². The number of nitrogens with one attached hydrogen (secondary N) is 1. The molecule has 0 atom stereocenters. The van der Waals surface area contributed by atoms with Gasteiger partial charge in [0.25, 0.3) is 5.91 Å². The monoisotopic (exact) mass is 375 g/mol. The van der Waals surface area contributed by atoms with Gasteiger partial charge in [-0.2, -0.15) is 0 Å². The van der Waals surface area contributed by atoms with Gasteiger partial charge in [0.1, 0.15) is 0 Å². The molecule has 7 heteroatoms. The third-order valence-corrected chi connectivity index (χ3v) is 5.98. The quantitative estimate of drug-likeness (QED) is 0.808. The third-order valence-electron chi connectivity index (χ3n) is 4.15. The maximum Gasteiger partial charge on any atom is 0.255 e. The number of carbonyl (C=O) groups excluding carboxylic acids is 1. The highest BCUT2D eigenvalue weighted by Crippen LogP contribution is 2.19. The number of rotatable bonds is 7. The van der Waals surface area contributed by atoms with Crippen LogP contribution in [0.5, 0.6) is 0 Å². The van der Waals surface area contributed by atoms with Crippen LogP contribution < -0.4 is 10.2 Å². The summed E-state index contributed by atoms with van der Waals surface area (Å²) < 4.78 is 25.3. The Morgan fingerprint density at radius 3 is 1.92 bits per heavy atom. The van der Waals surface area contributed by atoms with Crippen LogP contribution in [0.4, 0.5) is 11.4 Å². The first-order valence-corrected chi connectivity index (χ1v) is 9.92. The molecule has 0 unspecified atom stereocenters. The molecule has 2 aromatic rings. The Morgan fingerprint density at radius 1 is 0.923 bits per heavy atom. The van der Waals surface area contributed by atoms with Gasteiger partial charge < -0.3 is 10.2 Å². The number of sulfonamides is 1. The second-order valence-electron chi connectivity index (χ2n) is 5.99. The SMILES string of the molecule is CCN(CC)c1ccc(NC(=O)c2ccc(S(=O)(=O)N(C)C)cc2)cc1. The minimum atomic E-state index is -3.50. The van der Waals surface area contributed by atoms with Crippen molar-refractivity contribution < 1.29 is 13.2 Å². The highest BCUT2D eigenvalue weighted by molar-refractivity contribution is 7.89. The molecule has 0 aliphatic carbocycles. The zero-order valence-corrected chi connectivity index (χ0v) is 16.4. The molecule has 2 aromatic carbocycles. The third kappa shape index (κ3) is 4.42. The van der Waals surface area contributed by atoms with E-state index in [0.29, 0.717) is 11.3 Å². The molecule has 6 nitrogen and oxygen atoms in total. The van der Waals surface area contributed by atoms with Crippen LogP contribution in [0.25, 0.3) is 0 Å². The van der Waals surface area contributed by atoms with Crippen molar-refractivity contribution in [2.24, 2.45) is 0 Å².